The molecule has 1 aliphatic rings. The molecule has 0 atom stereocenters. The zero-order valence-corrected chi connectivity index (χ0v) is 11.0. The molecule has 0 unspecified atom stereocenters. The van der Waals surface area contributed by atoms with Crippen molar-refractivity contribution in [2.75, 3.05) is 25.0 Å². The van der Waals surface area contributed by atoms with Crippen molar-refractivity contribution in [1.29, 1.82) is 0 Å². The van der Waals surface area contributed by atoms with Crippen LogP contribution in [0.1, 0.15) is 25.0 Å². The van der Waals surface area contributed by atoms with Gasteiger partial charge in [-0.15, -0.1) is 0 Å². The van der Waals surface area contributed by atoms with Crippen molar-refractivity contribution in [3.63, 3.8) is 0 Å². The quantitative estimate of drug-likeness (QED) is 0.680. The smallest absolute Gasteiger partial charge is 0.228 e. The summed E-state index contributed by atoms with van der Waals surface area (Å²) in [6.45, 7) is 6.75. The zero-order valence-electron chi connectivity index (χ0n) is 11.0. The molecule has 1 amide bonds. The van der Waals surface area contributed by atoms with Crippen molar-refractivity contribution in [2.45, 2.75) is 25.7 Å². The van der Waals surface area contributed by atoms with Gasteiger partial charge in [-0.05, 0) is 17.2 Å². The summed E-state index contributed by atoms with van der Waals surface area (Å²) >= 11 is 0. The van der Waals surface area contributed by atoms with E-state index in [1.165, 1.54) is 5.56 Å². The summed E-state index contributed by atoms with van der Waals surface area (Å²) in [6.07, 6.45) is 0.496. The van der Waals surface area contributed by atoms with E-state index in [9.17, 15) is 4.79 Å². The largest absolute Gasteiger partial charge is 0.329 e. The maximum absolute atomic E-state index is 11.3. The van der Waals surface area contributed by atoms with E-state index in [0.717, 1.165) is 24.3 Å². The highest BCUT2D eigenvalue weighted by molar-refractivity contribution is 5.99. The molecule has 2 rings (SSSR count). The summed E-state index contributed by atoms with van der Waals surface area (Å²) in [7, 11) is 0. The molecule has 0 aromatic heterocycles. The Balaban J connectivity index is 2.13. The molecule has 0 spiro atoms. The van der Waals surface area contributed by atoms with Crippen molar-refractivity contribution in [3.8, 4) is 0 Å². The lowest BCUT2D eigenvalue weighted by atomic mass is 9.83. The predicted octanol–water partition coefficient (Wildman–Crippen LogP) is 1.01. The van der Waals surface area contributed by atoms with Crippen LogP contribution in [0.4, 0.5) is 5.69 Å². The second kappa shape index (κ2) is 5.08. The SMILES string of the molecule is CC(C)(CNCCN)c1ccc2c(c1)CC(=O)N2. The molecular formula is C14H21N3O. The highest BCUT2D eigenvalue weighted by atomic mass is 16.1. The van der Waals surface area contributed by atoms with Gasteiger partial charge in [0, 0.05) is 30.7 Å². The Hall–Kier alpha value is -1.39. The summed E-state index contributed by atoms with van der Waals surface area (Å²) in [5.74, 6) is 0.0845. The molecule has 0 radical (unpaired) electrons. The fourth-order valence-corrected chi connectivity index (χ4v) is 2.26. The monoisotopic (exact) mass is 247 g/mol. The van der Waals surface area contributed by atoms with Gasteiger partial charge in [-0.1, -0.05) is 26.0 Å². The van der Waals surface area contributed by atoms with E-state index in [2.05, 4.69) is 36.6 Å². The van der Waals surface area contributed by atoms with Crippen LogP contribution in [0.5, 0.6) is 0 Å². The van der Waals surface area contributed by atoms with Crippen LogP contribution < -0.4 is 16.4 Å². The molecule has 0 aliphatic carbocycles. The number of carbonyl (C=O) groups is 1. The Morgan fingerprint density at radius 1 is 1.44 bits per heavy atom. The fraction of sp³-hybridized carbons (Fsp3) is 0.500. The van der Waals surface area contributed by atoms with Crippen LogP contribution in [0.3, 0.4) is 0 Å². The lowest BCUT2D eigenvalue weighted by Crippen LogP contribution is -2.35. The van der Waals surface area contributed by atoms with Gasteiger partial charge in [0.2, 0.25) is 5.91 Å². The minimum Gasteiger partial charge on any atom is -0.329 e. The second-order valence-corrected chi connectivity index (χ2v) is 5.45. The van der Waals surface area contributed by atoms with Gasteiger partial charge < -0.3 is 16.4 Å². The topological polar surface area (TPSA) is 67.1 Å². The summed E-state index contributed by atoms with van der Waals surface area (Å²) in [5.41, 5.74) is 8.82. The average molecular weight is 247 g/mol. The van der Waals surface area contributed by atoms with Crippen molar-refractivity contribution in [3.05, 3.63) is 29.3 Å². The molecule has 0 saturated heterocycles. The van der Waals surface area contributed by atoms with Crippen molar-refractivity contribution in [2.24, 2.45) is 5.73 Å². The van der Waals surface area contributed by atoms with E-state index < -0.39 is 0 Å². The third-order valence-electron chi connectivity index (χ3n) is 3.40. The average Bonchev–Trinajstić information content (AvgIpc) is 2.68. The third kappa shape index (κ3) is 2.71. The Morgan fingerprint density at radius 2 is 2.22 bits per heavy atom. The maximum atomic E-state index is 11.3. The molecular weight excluding hydrogens is 226 g/mol. The molecule has 1 aromatic rings. The molecule has 0 fully saturated rings. The van der Waals surface area contributed by atoms with Crippen LogP contribution in [0.15, 0.2) is 18.2 Å². The van der Waals surface area contributed by atoms with Gasteiger partial charge in [-0.2, -0.15) is 0 Å². The molecule has 1 heterocycles. The van der Waals surface area contributed by atoms with Crippen molar-refractivity contribution < 1.29 is 4.79 Å². The van der Waals surface area contributed by atoms with Gasteiger partial charge in [0.25, 0.3) is 0 Å². The predicted molar refractivity (Wildman–Crippen MR) is 73.7 cm³/mol. The van der Waals surface area contributed by atoms with Gasteiger partial charge in [0.05, 0.1) is 6.42 Å². The van der Waals surface area contributed by atoms with E-state index in [-0.39, 0.29) is 11.3 Å². The number of amides is 1. The van der Waals surface area contributed by atoms with Gasteiger partial charge >= 0.3 is 0 Å². The Morgan fingerprint density at radius 3 is 2.94 bits per heavy atom. The van der Waals surface area contributed by atoms with Gasteiger partial charge in [-0.25, -0.2) is 0 Å². The normalized spacial score (nSPS) is 14.5. The maximum Gasteiger partial charge on any atom is 0.228 e. The molecule has 98 valence electrons. The highest BCUT2D eigenvalue weighted by Crippen LogP contribution is 2.29. The number of hydrogen-bond acceptors (Lipinski definition) is 3. The molecule has 18 heavy (non-hydrogen) atoms. The third-order valence-corrected chi connectivity index (χ3v) is 3.40. The number of anilines is 1. The van der Waals surface area contributed by atoms with E-state index in [4.69, 9.17) is 5.73 Å². The van der Waals surface area contributed by atoms with E-state index in [1.807, 2.05) is 6.07 Å². The van der Waals surface area contributed by atoms with Gasteiger partial charge in [0.15, 0.2) is 0 Å². The summed E-state index contributed by atoms with van der Waals surface area (Å²) in [4.78, 5) is 11.3. The van der Waals surface area contributed by atoms with Crippen molar-refractivity contribution in [1.82, 2.24) is 5.32 Å². The summed E-state index contributed by atoms with van der Waals surface area (Å²) in [5, 5.41) is 6.20. The van der Waals surface area contributed by atoms with Crippen LogP contribution in [0.25, 0.3) is 0 Å². The van der Waals surface area contributed by atoms with Crippen LogP contribution in [0, 0.1) is 0 Å². The number of benzene rings is 1. The highest BCUT2D eigenvalue weighted by Gasteiger charge is 2.24. The number of rotatable bonds is 5. The Labute approximate surface area is 108 Å². The molecule has 1 aliphatic heterocycles. The molecule has 4 N–H and O–H groups in total. The first-order valence-corrected chi connectivity index (χ1v) is 6.37. The summed E-state index contributed by atoms with van der Waals surface area (Å²) in [6, 6.07) is 6.23. The minimum absolute atomic E-state index is 0.0375. The molecule has 4 heteroatoms. The number of hydrogen-bond donors (Lipinski definition) is 3. The van der Waals surface area contributed by atoms with E-state index in [1.54, 1.807) is 0 Å². The zero-order chi connectivity index (χ0) is 13.2. The molecule has 1 aromatic carbocycles. The molecule has 0 bridgehead atoms. The standard InChI is InChI=1S/C14H21N3O/c1-14(2,9-16-6-5-15)11-3-4-12-10(7-11)8-13(18)17-12/h3-4,7,16H,5-6,8-9,15H2,1-2H3,(H,17,18). The Bertz CT molecular complexity index is 454. The Kier molecular flexibility index (Phi) is 3.68. The second-order valence-electron chi connectivity index (χ2n) is 5.45. The number of carbonyl (C=O) groups excluding carboxylic acids is 1. The lowest BCUT2D eigenvalue weighted by molar-refractivity contribution is -0.115. The van der Waals surface area contributed by atoms with Crippen LogP contribution in [-0.2, 0) is 16.6 Å². The van der Waals surface area contributed by atoms with Crippen LogP contribution in [0.2, 0.25) is 0 Å². The first-order chi connectivity index (χ1) is 8.53. The van der Waals surface area contributed by atoms with Gasteiger partial charge in [0.1, 0.15) is 0 Å². The molecule has 0 saturated carbocycles. The first kappa shape index (κ1) is 13.1. The fourth-order valence-electron chi connectivity index (χ4n) is 2.26. The van der Waals surface area contributed by atoms with Crippen LogP contribution in [-0.4, -0.2) is 25.5 Å². The van der Waals surface area contributed by atoms with Crippen molar-refractivity contribution >= 4 is 11.6 Å². The number of nitrogens with one attached hydrogen (secondary N) is 2. The van der Waals surface area contributed by atoms with Crippen LogP contribution >= 0.6 is 0 Å². The number of fused-ring (bicyclic) bond motifs is 1. The van der Waals surface area contributed by atoms with Gasteiger partial charge in [-0.3, -0.25) is 4.79 Å². The summed E-state index contributed by atoms with van der Waals surface area (Å²) < 4.78 is 0. The van der Waals surface area contributed by atoms with E-state index in [0.29, 0.717) is 13.0 Å². The first-order valence-electron chi connectivity index (χ1n) is 6.37. The minimum atomic E-state index is 0.0375. The number of nitrogens with two attached hydrogens (primary N) is 1. The lowest BCUT2D eigenvalue weighted by Gasteiger charge is -2.26. The molecule has 4 nitrogen and oxygen atoms in total. The van der Waals surface area contributed by atoms with E-state index >= 15 is 0 Å².